The largest absolute Gasteiger partial charge is 0.325 e. The molecule has 0 saturated carbocycles. The number of halogens is 1. The predicted octanol–water partition coefficient (Wildman–Crippen LogP) is 5.17. The van der Waals surface area contributed by atoms with Crippen LogP contribution in [0.1, 0.15) is 23.6 Å². The van der Waals surface area contributed by atoms with Crippen molar-refractivity contribution in [1.82, 2.24) is 10.3 Å². The highest BCUT2D eigenvalue weighted by atomic mass is 35.5. The SMILES string of the molecule is CCc1cc(Cl)c(C)cc1NSc1ccc(C)c2nonc12. The normalized spacial score (nSPS) is 11.1. The lowest BCUT2D eigenvalue weighted by Crippen LogP contribution is -1.95. The van der Waals surface area contributed by atoms with E-state index >= 15 is 0 Å². The van der Waals surface area contributed by atoms with Crippen molar-refractivity contribution in [3.8, 4) is 0 Å². The summed E-state index contributed by atoms with van der Waals surface area (Å²) < 4.78 is 8.26. The minimum atomic E-state index is 0.779. The summed E-state index contributed by atoms with van der Waals surface area (Å²) in [7, 11) is 0. The van der Waals surface area contributed by atoms with E-state index < -0.39 is 0 Å². The van der Waals surface area contributed by atoms with Crippen LogP contribution < -0.4 is 4.72 Å². The zero-order valence-electron chi connectivity index (χ0n) is 12.6. The smallest absolute Gasteiger partial charge is 0.150 e. The molecule has 0 saturated heterocycles. The molecule has 1 aromatic heterocycles. The number of fused-ring (bicyclic) bond motifs is 1. The average molecular weight is 334 g/mol. The van der Waals surface area contributed by atoms with Gasteiger partial charge in [-0.3, -0.25) is 0 Å². The second kappa shape index (κ2) is 6.18. The summed E-state index contributed by atoms with van der Waals surface area (Å²) in [6.45, 7) is 6.11. The lowest BCUT2D eigenvalue weighted by atomic mass is 10.1. The van der Waals surface area contributed by atoms with Crippen LogP contribution in [0.4, 0.5) is 5.69 Å². The molecule has 0 atom stereocenters. The number of aromatic nitrogens is 2. The van der Waals surface area contributed by atoms with Gasteiger partial charge in [0.1, 0.15) is 5.52 Å². The zero-order chi connectivity index (χ0) is 15.7. The second-order valence-corrected chi connectivity index (χ2v) is 6.41. The van der Waals surface area contributed by atoms with Gasteiger partial charge in [0.25, 0.3) is 0 Å². The van der Waals surface area contributed by atoms with Gasteiger partial charge >= 0.3 is 0 Å². The Morgan fingerprint density at radius 1 is 1.14 bits per heavy atom. The van der Waals surface area contributed by atoms with Crippen LogP contribution in [0.15, 0.2) is 33.8 Å². The highest BCUT2D eigenvalue weighted by Gasteiger charge is 2.11. The number of nitrogens with zero attached hydrogens (tertiary/aromatic N) is 2. The van der Waals surface area contributed by atoms with E-state index in [1.165, 1.54) is 17.5 Å². The number of hydrogen-bond acceptors (Lipinski definition) is 5. The highest BCUT2D eigenvalue weighted by Crippen LogP contribution is 2.32. The summed E-state index contributed by atoms with van der Waals surface area (Å²) in [5, 5.41) is 8.74. The Labute approximate surface area is 138 Å². The Morgan fingerprint density at radius 2 is 1.91 bits per heavy atom. The topological polar surface area (TPSA) is 51.0 Å². The van der Waals surface area contributed by atoms with Crippen molar-refractivity contribution in [3.05, 3.63) is 46.0 Å². The van der Waals surface area contributed by atoms with Gasteiger partial charge in [0, 0.05) is 10.7 Å². The van der Waals surface area contributed by atoms with Crippen LogP contribution >= 0.6 is 23.5 Å². The minimum absolute atomic E-state index is 0.779. The number of hydrogen-bond donors (Lipinski definition) is 1. The molecule has 0 aliphatic carbocycles. The van der Waals surface area contributed by atoms with Gasteiger partial charge in [-0.25, -0.2) is 4.63 Å². The Kier molecular flexibility index (Phi) is 4.27. The third kappa shape index (κ3) is 2.78. The van der Waals surface area contributed by atoms with Crippen molar-refractivity contribution >= 4 is 40.3 Å². The summed E-state index contributed by atoms with van der Waals surface area (Å²) in [6, 6.07) is 8.13. The van der Waals surface area contributed by atoms with Crippen LogP contribution in [-0.4, -0.2) is 10.3 Å². The molecule has 0 aliphatic heterocycles. The van der Waals surface area contributed by atoms with Gasteiger partial charge in [-0.2, -0.15) is 0 Å². The van der Waals surface area contributed by atoms with Crippen LogP contribution in [0.2, 0.25) is 5.02 Å². The van der Waals surface area contributed by atoms with E-state index in [1.54, 1.807) is 0 Å². The van der Waals surface area contributed by atoms with Crippen molar-refractivity contribution in [2.75, 3.05) is 4.72 Å². The molecule has 0 radical (unpaired) electrons. The first kappa shape index (κ1) is 15.2. The molecule has 0 unspecified atom stereocenters. The fourth-order valence-corrected chi connectivity index (χ4v) is 3.23. The first-order valence-corrected chi connectivity index (χ1v) is 8.23. The molecule has 2 aromatic carbocycles. The quantitative estimate of drug-likeness (QED) is 0.667. The van der Waals surface area contributed by atoms with Crippen molar-refractivity contribution in [2.45, 2.75) is 32.1 Å². The zero-order valence-corrected chi connectivity index (χ0v) is 14.2. The summed E-state index contributed by atoms with van der Waals surface area (Å²) in [4.78, 5) is 0.983. The minimum Gasteiger partial charge on any atom is -0.325 e. The number of anilines is 1. The monoisotopic (exact) mass is 333 g/mol. The van der Waals surface area contributed by atoms with Gasteiger partial charge in [0.15, 0.2) is 5.52 Å². The Balaban J connectivity index is 1.90. The highest BCUT2D eigenvalue weighted by molar-refractivity contribution is 8.00. The molecule has 22 heavy (non-hydrogen) atoms. The van der Waals surface area contributed by atoms with Crippen LogP contribution in [0.25, 0.3) is 11.0 Å². The third-order valence-corrected chi connectivity index (χ3v) is 4.89. The molecule has 4 nitrogen and oxygen atoms in total. The maximum Gasteiger partial charge on any atom is 0.150 e. The maximum atomic E-state index is 6.20. The summed E-state index contributed by atoms with van der Waals surface area (Å²) in [6.07, 6.45) is 0.914. The van der Waals surface area contributed by atoms with E-state index in [1.807, 2.05) is 32.0 Å². The van der Waals surface area contributed by atoms with E-state index in [9.17, 15) is 0 Å². The first-order valence-electron chi connectivity index (χ1n) is 7.04. The molecule has 114 valence electrons. The molecular weight excluding hydrogens is 318 g/mol. The molecule has 0 fully saturated rings. The van der Waals surface area contributed by atoms with E-state index in [2.05, 4.69) is 28.0 Å². The molecule has 1 N–H and O–H groups in total. The molecule has 1 heterocycles. The van der Waals surface area contributed by atoms with Crippen LogP contribution in [0, 0.1) is 13.8 Å². The number of aryl methyl sites for hydroxylation is 3. The number of rotatable bonds is 4. The Morgan fingerprint density at radius 3 is 2.68 bits per heavy atom. The summed E-state index contributed by atoms with van der Waals surface area (Å²) in [5.41, 5.74) is 5.94. The van der Waals surface area contributed by atoms with Gasteiger partial charge in [-0.1, -0.05) is 24.6 Å². The van der Waals surface area contributed by atoms with Gasteiger partial charge in [-0.15, -0.1) is 0 Å². The van der Waals surface area contributed by atoms with E-state index in [-0.39, 0.29) is 0 Å². The van der Waals surface area contributed by atoms with Gasteiger partial charge in [0.2, 0.25) is 0 Å². The number of benzene rings is 2. The lowest BCUT2D eigenvalue weighted by Gasteiger charge is -2.12. The Hall–Kier alpha value is -1.72. The molecule has 0 spiro atoms. The molecule has 3 rings (SSSR count). The van der Waals surface area contributed by atoms with E-state index in [0.717, 1.165) is 44.2 Å². The molecule has 6 heteroatoms. The van der Waals surface area contributed by atoms with Crippen LogP contribution in [-0.2, 0) is 6.42 Å². The first-order chi connectivity index (χ1) is 10.6. The standard InChI is InChI=1S/C16H16ClN3OS/c1-4-11-8-12(17)10(3)7-13(11)20-22-14-6-5-9(2)15-16(14)19-21-18-15/h5-8,20H,4H2,1-3H3. The second-order valence-electron chi connectivity index (χ2n) is 5.16. The molecule has 0 bridgehead atoms. The van der Waals surface area contributed by atoms with Crippen molar-refractivity contribution in [3.63, 3.8) is 0 Å². The van der Waals surface area contributed by atoms with E-state index in [4.69, 9.17) is 16.2 Å². The fourth-order valence-electron chi connectivity index (χ4n) is 2.27. The lowest BCUT2D eigenvalue weighted by molar-refractivity contribution is 0.315. The molecule has 0 amide bonds. The molecule has 0 aliphatic rings. The average Bonchev–Trinajstić information content (AvgIpc) is 3.00. The van der Waals surface area contributed by atoms with Crippen molar-refractivity contribution in [2.24, 2.45) is 0 Å². The van der Waals surface area contributed by atoms with Crippen molar-refractivity contribution < 1.29 is 4.63 Å². The van der Waals surface area contributed by atoms with E-state index in [0.29, 0.717) is 0 Å². The third-order valence-electron chi connectivity index (χ3n) is 3.62. The maximum absolute atomic E-state index is 6.20. The number of nitrogens with one attached hydrogen (secondary N) is 1. The summed E-state index contributed by atoms with van der Waals surface area (Å²) >= 11 is 7.70. The van der Waals surface area contributed by atoms with Gasteiger partial charge < -0.3 is 4.72 Å². The van der Waals surface area contributed by atoms with Crippen LogP contribution in [0.3, 0.4) is 0 Å². The predicted molar refractivity (Wildman–Crippen MR) is 91.6 cm³/mol. The summed E-state index contributed by atoms with van der Waals surface area (Å²) in [5.74, 6) is 0. The molecular formula is C16H16ClN3OS. The van der Waals surface area contributed by atoms with Crippen LogP contribution in [0.5, 0.6) is 0 Å². The fraction of sp³-hybridized carbons (Fsp3) is 0.250. The Bertz CT molecular complexity index is 832. The van der Waals surface area contributed by atoms with Crippen molar-refractivity contribution in [1.29, 1.82) is 0 Å². The van der Waals surface area contributed by atoms with Gasteiger partial charge in [-0.05, 0) is 77.4 Å². The molecule has 3 aromatic rings. The van der Waals surface area contributed by atoms with Gasteiger partial charge in [0.05, 0.1) is 4.90 Å².